The Morgan fingerprint density at radius 2 is 1.91 bits per heavy atom. The summed E-state index contributed by atoms with van der Waals surface area (Å²) in [5.41, 5.74) is 1.52. The molecule has 0 saturated carbocycles. The van der Waals surface area contributed by atoms with Crippen LogP contribution in [0, 0.1) is 0 Å². The van der Waals surface area contributed by atoms with Crippen LogP contribution in [0.25, 0.3) is 0 Å². The number of rotatable bonds is 9. The number of para-hydroxylation sites is 1. The van der Waals surface area contributed by atoms with Crippen LogP contribution in [0.15, 0.2) is 70.5 Å². The van der Waals surface area contributed by atoms with Gasteiger partial charge >= 0.3 is 6.61 Å². The second kappa shape index (κ2) is 10.7. The first-order valence-electron chi connectivity index (χ1n) is 10.6. The van der Waals surface area contributed by atoms with E-state index < -0.39 is 16.6 Å². The Bertz CT molecular complexity index is 1120. The molecule has 0 amide bonds. The third-order valence-electron chi connectivity index (χ3n) is 5.67. The van der Waals surface area contributed by atoms with Crippen LogP contribution in [-0.4, -0.2) is 48.3 Å². The van der Waals surface area contributed by atoms with Crippen LogP contribution in [0.1, 0.15) is 24.0 Å². The number of halogens is 2. The Hall–Kier alpha value is -2.40. The van der Waals surface area contributed by atoms with E-state index in [-0.39, 0.29) is 18.3 Å². The van der Waals surface area contributed by atoms with Crippen molar-refractivity contribution in [1.82, 2.24) is 14.2 Å². The van der Waals surface area contributed by atoms with E-state index in [0.717, 1.165) is 5.56 Å². The zero-order valence-corrected chi connectivity index (χ0v) is 19.5. The molecule has 1 aliphatic heterocycles. The van der Waals surface area contributed by atoms with Crippen LogP contribution in [-0.2, 0) is 23.1 Å². The molecule has 3 aromatic rings. The maximum Gasteiger partial charge on any atom is 0.387 e. The zero-order valence-electron chi connectivity index (χ0n) is 17.9. The molecule has 33 heavy (non-hydrogen) atoms. The van der Waals surface area contributed by atoms with Crippen molar-refractivity contribution >= 4 is 21.4 Å². The van der Waals surface area contributed by atoms with Crippen molar-refractivity contribution < 1.29 is 21.9 Å². The quantitative estimate of drug-likeness (QED) is 0.436. The van der Waals surface area contributed by atoms with Gasteiger partial charge in [0.2, 0.25) is 0 Å². The first-order chi connectivity index (χ1) is 15.9. The summed E-state index contributed by atoms with van der Waals surface area (Å²) in [6.07, 6.45) is 4.63. The predicted octanol–water partition coefficient (Wildman–Crippen LogP) is 4.60. The minimum atomic E-state index is -3.65. The molecule has 10 heteroatoms. The molecular formula is C23H25F2N3O3S2. The number of benzene rings is 1. The van der Waals surface area contributed by atoms with Gasteiger partial charge < -0.3 is 4.74 Å². The number of likely N-dealkylation sites (tertiary alicyclic amines) is 1. The lowest BCUT2D eigenvalue weighted by Crippen LogP contribution is -2.46. The summed E-state index contributed by atoms with van der Waals surface area (Å²) in [7, 11) is -3.65. The van der Waals surface area contributed by atoms with E-state index in [0.29, 0.717) is 42.2 Å². The summed E-state index contributed by atoms with van der Waals surface area (Å²) >= 11 is 1.21. The van der Waals surface area contributed by atoms with Crippen molar-refractivity contribution in [1.29, 1.82) is 0 Å². The number of hydrogen-bond acceptors (Lipinski definition) is 6. The number of nitrogens with zero attached hydrogens (tertiary/aromatic N) is 3. The number of aromatic nitrogens is 1. The van der Waals surface area contributed by atoms with Gasteiger partial charge in [-0.2, -0.15) is 13.1 Å². The Kier molecular flexibility index (Phi) is 7.69. The minimum Gasteiger partial charge on any atom is -0.434 e. The highest BCUT2D eigenvalue weighted by Crippen LogP contribution is 2.30. The van der Waals surface area contributed by atoms with E-state index in [1.54, 1.807) is 58.5 Å². The highest BCUT2D eigenvalue weighted by molar-refractivity contribution is 7.91. The Labute approximate surface area is 196 Å². The van der Waals surface area contributed by atoms with Crippen molar-refractivity contribution in [3.05, 3.63) is 77.4 Å². The van der Waals surface area contributed by atoms with Crippen molar-refractivity contribution in [3.8, 4) is 5.75 Å². The van der Waals surface area contributed by atoms with Gasteiger partial charge in [-0.25, -0.2) is 8.42 Å². The highest BCUT2D eigenvalue weighted by Gasteiger charge is 2.34. The van der Waals surface area contributed by atoms with Gasteiger partial charge in [-0.3, -0.25) is 9.88 Å². The fraction of sp³-hybridized carbons (Fsp3) is 0.348. The van der Waals surface area contributed by atoms with Gasteiger partial charge in [-0.1, -0.05) is 30.3 Å². The van der Waals surface area contributed by atoms with E-state index in [4.69, 9.17) is 0 Å². The van der Waals surface area contributed by atoms with Gasteiger partial charge in [-0.05, 0) is 42.0 Å². The first-order valence-corrected chi connectivity index (χ1v) is 12.9. The molecule has 3 heterocycles. The predicted molar refractivity (Wildman–Crippen MR) is 123 cm³/mol. The summed E-state index contributed by atoms with van der Waals surface area (Å²) in [5, 5.41) is 1.76. The van der Waals surface area contributed by atoms with Crippen molar-refractivity contribution in [2.24, 2.45) is 0 Å². The molecule has 4 rings (SSSR count). The summed E-state index contributed by atoms with van der Waals surface area (Å²) in [4.78, 5) is 6.27. The fourth-order valence-electron chi connectivity index (χ4n) is 4.06. The van der Waals surface area contributed by atoms with Crippen LogP contribution in [0.4, 0.5) is 8.78 Å². The highest BCUT2D eigenvalue weighted by atomic mass is 32.2. The normalized spacial score (nSPS) is 15.9. The summed E-state index contributed by atoms with van der Waals surface area (Å²) in [6, 6.07) is 13.7. The molecule has 176 valence electrons. The summed E-state index contributed by atoms with van der Waals surface area (Å²) < 4.78 is 58.9. The number of piperidine rings is 1. The SMILES string of the molecule is O=S(=O)(c1cccs1)N(Cc1cccnc1)C1CCN(Cc2ccccc2OC(F)F)CC1. The minimum absolute atomic E-state index is 0.166. The van der Waals surface area contributed by atoms with Crippen LogP contribution in [0.3, 0.4) is 0 Å². The first kappa shape index (κ1) is 23.7. The number of thiophene rings is 1. The summed E-state index contributed by atoms with van der Waals surface area (Å²) in [6.45, 7) is -0.853. The number of hydrogen-bond donors (Lipinski definition) is 0. The van der Waals surface area contributed by atoms with E-state index >= 15 is 0 Å². The number of pyridine rings is 1. The fourth-order valence-corrected chi connectivity index (χ4v) is 6.85. The van der Waals surface area contributed by atoms with Gasteiger partial charge in [0.15, 0.2) is 0 Å². The third kappa shape index (κ3) is 5.94. The Balaban J connectivity index is 1.47. The van der Waals surface area contributed by atoms with Crippen molar-refractivity contribution in [3.63, 3.8) is 0 Å². The molecule has 0 atom stereocenters. The maximum absolute atomic E-state index is 13.4. The largest absolute Gasteiger partial charge is 0.434 e. The maximum atomic E-state index is 13.4. The van der Waals surface area contributed by atoms with Gasteiger partial charge in [0.25, 0.3) is 10.0 Å². The zero-order chi connectivity index (χ0) is 23.3. The molecule has 1 aromatic carbocycles. The molecular weight excluding hydrogens is 468 g/mol. The molecule has 0 spiro atoms. The molecule has 0 N–H and O–H groups in total. The number of alkyl halides is 2. The van der Waals surface area contributed by atoms with Gasteiger partial charge in [0.1, 0.15) is 9.96 Å². The van der Waals surface area contributed by atoms with Gasteiger partial charge in [0, 0.05) is 50.2 Å². The van der Waals surface area contributed by atoms with Crippen molar-refractivity contribution in [2.45, 2.75) is 42.8 Å². The second-order valence-corrected chi connectivity index (χ2v) is 10.9. The van der Waals surface area contributed by atoms with E-state index in [1.807, 2.05) is 6.07 Å². The topological polar surface area (TPSA) is 62.7 Å². The van der Waals surface area contributed by atoms with E-state index in [2.05, 4.69) is 14.6 Å². The average molecular weight is 494 g/mol. The Morgan fingerprint density at radius 3 is 2.58 bits per heavy atom. The Morgan fingerprint density at radius 1 is 1.12 bits per heavy atom. The lowest BCUT2D eigenvalue weighted by Gasteiger charge is -2.37. The molecule has 2 aromatic heterocycles. The number of ether oxygens (including phenoxy) is 1. The average Bonchev–Trinajstić information content (AvgIpc) is 3.36. The molecule has 1 saturated heterocycles. The molecule has 1 aliphatic rings. The molecule has 0 bridgehead atoms. The molecule has 0 radical (unpaired) electrons. The van der Waals surface area contributed by atoms with E-state index in [9.17, 15) is 17.2 Å². The monoisotopic (exact) mass is 493 g/mol. The van der Waals surface area contributed by atoms with Crippen LogP contribution in [0.2, 0.25) is 0 Å². The van der Waals surface area contributed by atoms with Crippen LogP contribution in [0.5, 0.6) is 5.75 Å². The third-order valence-corrected chi connectivity index (χ3v) is 8.94. The molecule has 0 unspecified atom stereocenters. The summed E-state index contributed by atoms with van der Waals surface area (Å²) in [5.74, 6) is 0.174. The number of sulfonamides is 1. The van der Waals surface area contributed by atoms with Gasteiger partial charge in [-0.15, -0.1) is 11.3 Å². The smallest absolute Gasteiger partial charge is 0.387 e. The molecule has 1 fully saturated rings. The van der Waals surface area contributed by atoms with Gasteiger partial charge in [0.05, 0.1) is 0 Å². The second-order valence-electron chi connectivity index (χ2n) is 7.84. The molecule has 6 nitrogen and oxygen atoms in total. The van der Waals surface area contributed by atoms with Crippen LogP contribution < -0.4 is 4.74 Å². The lowest BCUT2D eigenvalue weighted by molar-refractivity contribution is -0.0508. The standard InChI is InChI=1S/C23H25F2N3O3S2/c24-23(25)31-21-7-2-1-6-19(21)17-27-12-9-20(10-13-27)28(16-18-5-3-11-26-15-18)33(29,30)22-8-4-14-32-22/h1-8,11,14-15,20,23H,9-10,12-13,16-17H2. The lowest BCUT2D eigenvalue weighted by atomic mass is 10.0. The molecule has 0 aliphatic carbocycles. The van der Waals surface area contributed by atoms with Crippen molar-refractivity contribution in [2.75, 3.05) is 13.1 Å². The van der Waals surface area contributed by atoms with E-state index in [1.165, 1.54) is 17.4 Å². The van der Waals surface area contributed by atoms with Crippen LogP contribution >= 0.6 is 11.3 Å².